The molecule has 1 N–H and O–H groups in total. The first kappa shape index (κ1) is 19.6. The highest BCUT2D eigenvalue weighted by atomic mass is 19.1. The number of carbonyl (C=O) groups is 2. The number of hydrogen-bond acceptors (Lipinski definition) is 3. The van der Waals surface area contributed by atoms with Gasteiger partial charge in [-0.05, 0) is 48.2 Å². The van der Waals surface area contributed by atoms with Crippen molar-refractivity contribution in [1.29, 1.82) is 0 Å². The molecule has 1 aliphatic carbocycles. The standard InChI is InChI=1S/C23H26FN3O2/c24-20-5-3-4-19(13-20)23(8-1-2-9-23)16-26-22(29)18-12-21(28)27(15-18)14-17-6-10-25-11-7-17/h3-7,10-11,13,18H,1-2,8-9,12,14-16H2,(H,26,29)/t18-/m0/s1. The maximum atomic E-state index is 13.8. The predicted molar refractivity (Wildman–Crippen MR) is 107 cm³/mol. The maximum Gasteiger partial charge on any atom is 0.225 e. The fourth-order valence-corrected chi connectivity index (χ4v) is 4.65. The number of hydrogen-bond donors (Lipinski definition) is 1. The summed E-state index contributed by atoms with van der Waals surface area (Å²) in [6.45, 7) is 1.42. The number of nitrogens with one attached hydrogen (secondary N) is 1. The Labute approximate surface area is 170 Å². The minimum Gasteiger partial charge on any atom is -0.355 e. The molecule has 0 unspecified atom stereocenters. The fourth-order valence-electron chi connectivity index (χ4n) is 4.65. The molecule has 2 amide bonds. The first-order chi connectivity index (χ1) is 14.1. The molecule has 2 aliphatic rings. The van der Waals surface area contributed by atoms with Crippen molar-refractivity contribution in [3.8, 4) is 0 Å². The zero-order valence-electron chi connectivity index (χ0n) is 16.4. The van der Waals surface area contributed by atoms with Gasteiger partial charge in [-0.2, -0.15) is 0 Å². The largest absolute Gasteiger partial charge is 0.355 e. The molecule has 1 saturated carbocycles. The lowest BCUT2D eigenvalue weighted by atomic mass is 9.78. The van der Waals surface area contributed by atoms with Crippen molar-refractivity contribution in [3.63, 3.8) is 0 Å². The number of rotatable bonds is 6. The Hall–Kier alpha value is -2.76. The fraction of sp³-hybridized carbons (Fsp3) is 0.435. The molecule has 152 valence electrons. The molecule has 2 heterocycles. The molecule has 0 bridgehead atoms. The quantitative estimate of drug-likeness (QED) is 0.817. The van der Waals surface area contributed by atoms with Crippen molar-refractivity contribution in [2.75, 3.05) is 13.1 Å². The van der Waals surface area contributed by atoms with E-state index in [-0.39, 0.29) is 35.4 Å². The van der Waals surface area contributed by atoms with Gasteiger partial charge >= 0.3 is 0 Å². The summed E-state index contributed by atoms with van der Waals surface area (Å²) in [5.41, 5.74) is 1.75. The third-order valence-electron chi connectivity index (χ3n) is 6.31. The van der Waals surface area contributed by atoms with Gasteiger partial charge in [-0.3, -0.25) is 14.6 Å². The minimum absolute atomic E-state index is 0.00247. The molecule has 1 atom stereocenters. The van der Waals surface area contributed by atoms with Gasteiger partial charge < -0.3 is 10.2 Å². The highest BCUT2D eigenvalue weighted by molar-refractivity contribution is 5.89. The van der Waals surface area contributed by atoms with E-state index in [1.54, 1.807) is 29.4 Å². The Morgan fingerprint density at radius 2 is 1.97 bits per heavy atom. The number of pyridine rings is 1. The Bertz CT molecular complexity index is 881. The van der Waals surface area contributed by atoms with Gasteiger partial charge in [-0.1, -0.05) is 25.0 Å². The predicted octanol–water partition coefficient (Wildman–Crippen LogP) is 3.20. The normalized spacial score (nSPS) is 20.8. The molecule has 2 fully saturated rings. The molecule has 0 radical (unpaired) electrons. The van der Waals surface area contributed by atoms with Gasteiger partial charge in [0.05, 0.1) is 5.92 Å². The number of carbonyl (C=O) groups excluding carboxylic acids is 2. The summed E-state index contributed by atoms with van der Waals surface area (Å²) in [6.07, 6.45) is 7.68. The topological polar surface area (TPSA) is 62.3 Å². The van der Waals surface area contributed by atoms with Gasteiger partial charge in [0.15, 0.2) is 0 Å². The van der Waals surface area contributed by atoms with Crippen LogP contribution in [0.3, 0.4) is 0 Å². The molecule has 5 nitrogen and oxygen atoms in total. The Morgan fingerprint density at radius 1 is 1.21 bits per heavy atom. The average Bonchev–Trinajstić information content (AvgIpc) is 3.35. The second-order valence-electron chi connectivity index (χ2n) is 8.25. The van der Waals surface area contributed by atoms with Gasteiger partial charge in [0.1, 0.15) is 5.82 Å². The summed E-state index contributed by atoms with van der Waals surface area (Å²) < 4.78 is 13.8. The first-order valence-electron chi connectivity index (χ1n) is 10.3. The number of amides is 2. The third-order valence-corrected chi connectivity index (χ3v) is 6.31. The molecular formula is C23H26FN3O2. The van der Waals surface area contributed by atoms with Crippen molar-refractivity contribution >= 4 is 11.8 Å². The SMILES string of the molecule is O=C(NCC1(c2cccc(F)c2)CCCC1)[C@H]1CC(=O)N(Cc2ccncc2)C1. The molecular weight excluding hydrogens is 369 g/mol. The zero-order valence-corrected chi connectivity index (χ0v) is 16.4. The molecule has 2 aromatic rings. The second kappa shape index (κ2) is 8.31. The summed E-state index contributed by atoms with van der Waals surface area (Å²) in [6, 6.07) is 10.5. The Morgan fingerprint density at radius 3 is 2.69 bits per heavy atom. The number of likely N-dealkylation sites (tertiary alicyclic amines) is 1. The van der Waals surface area contributed by atoms with Gasteiger partial charge in [0.2, 0.25) is 11.8 Å². The molecule has 1 aliphatic heterocycles. The van der Waals surface area contributed by atoms with Crippen LogP contribution in [0.2, 0.25) is 0 Å². The van der Waals surface area contributed by atoms with Gasteiger partial charge in [-0.15, -0.1) is 0 Å². The highest BCUT2D eigenvalue weighted by Gasteiger charge is 2.38. The monoisotopic (exact) mass is 395 g/mol. The van der Waals surface area contributed by atoms with Crippen LogP contribution >= 0.6 is 0 Å². The lowest BCUT2D eigenvalue weighted by Crippen LogP contribution is -2.42. The van der Waals surface area contributed by atoms with E-state index in [1.807, 2.05) is 18.2 Å². The minimum atomic E-state index is -0.338. The third kappa shape index (κ3) is 4.31. The summed E-state index contributed by atoms with van der Waals surface area (Å²) in [7, 11) is 0. The summed E-state index contributed by atoms with van der Waals surface area (Å²) in [4.78, 5) is 30.9. The van der Waals surface area contributed by atoms with Crippen LogP contribution in [0.1, 0.15) is 43.2 Å². The lowest BCUT2D eigenvalue weighted by Gasteiger charge is -2.30. The van der Waals surface area contributed by atoms with E-state index in [0.29, 0.717) is 19.6 Å². The van der Waals surface area contributed by atoms with E-state index in [9.17, 15) is 14.0 Å². The van der Waals surface area contributed by atoms with E-state index in [0.717, 1.165) is 36.8 Å². The van der Waals surface area contributed by atoms with Crippen molar-refractivity contribution in [1.82, 2.24) is 15.2 Å². The van der Waals surface area contributed by atoms with Gasteiger partial charge in [0.25, 0.3) is 0 Å². The van der Waals surface area contributed by atoms with E-state index < -0.39 is 0 Å². The van der Waals surface area contributed by atoms with Crippen LogP contribution in [-0.2, 0) is 21.5 Å². The lowest BCUT2D eigenvalue weighted by molar-refractivity contribution is -0.129. The number of halogens is 1. The molecule has 6 heteroatoms. The molecule has 29 heavy (non-hydrogen) atoms. The number of aromatic nitrogens is 1. The number of benzene rings is 1. The Kier molecular flexibility index (Phi) is 5.60. The van der Waals surface area contributed by atoms with Crippen LogP contribution in [0.5, 0.6) is 0 Å². The summed E-state index contributed by atoms with van der Waals surface area (Å²) in [5.74, 6) is -0.663. The molecule has 1 aromatic carbocycles. The molecule has 0 spiro atoms. The molecule has 1 aromatic heterocycles. The Balaban J connectivity index is 1.38. The maximum absolute atomic E-state index is 13.8. The molecule has 1 saturated heterocycles. The van der Waals surface area contributed by atoms with Crippen molar-refractivity contribution in [3.05, 3.63) is 65.7 Å². The number of nitrogens with zero attached hydrogens (tertiary/aromatic N) is 2. The zero-order chi connectivity index (χ0) is 20.3. The first-order valence-corrected chi connectivity index (χ1v) is 10.3. The summed E-state index contributed by atoms with van der Waals surface area (Å²) >= 11 is 0. The van der Waals surface area contributed by atoms with Crippen LogP contribution in [0, 0.1) is 11.7 Å². The van der Waals surface area contributed by atoms with Crippen LogP contribution in [-0.4, -0.2) is 34.8 Å². The molecule has 4 rings (SSSR count). The second-order valence-corrected chi connectivity index (χ2v) is 8.25. The van der Waals surface area contributed by atoms with E-state index in [4.69, 9.17) is 0 Å². The van der Waals surface area contributed by atoms with Gasteiger partial charge in [-0.25, -0.2) is 4.39 Å². The highest BCUT2D eigenvalue weighted by Crippen LogP contribution is 2.41. The van der Waals surface area contributed by atoms with Gasteiger partial charge in [0, 0.05) is 43.9 Å². The average molecular weight is 395 g/mol. The van der Waals surface area contributed by atoms with E-state index >= 15 is 0 Å². The summed E-state index contributed by atoms with van der Waals surface area (Å²) in [5, 5.41) is 3.08. The van der Waals surface area contributed by atoms with Crippen LogP contribution in [0.4, 0.5) is 4.39 Å². The van der Waals surface area contributed by atoms with E-state index in [2.05, 4.69) is 10.3 Å². The smallest absolute Gasteiger partial charge is 0.225 e. The van der Waals surface area contributed by atoms with Crippen molar-refractivity contribution in [2.45, 2.75) is 44.1 Å². The van der Waals surface area contributed by atoms with Crippen molar-refractivity contribution < 1.29 is 14.0 Å². The van der Waals surface area contributed by atoms with Crippen LogP contribution < -0.4 is 5.32 Å². The van der Waals surface area contributed by atoms with Crippen LogP contribution in [0.25, 0.3) is 0 Å². The van der Waals surface area contributed by atoms with Crippen LogP contribution in [0.15, 0.2) is 48.8 Å². The van der Waals surface area contributed by atoms with Crippen molar-refractivity contribution in [2.24, 2.45) is 5.92 Å². The van der Waals surface area contributed by atoms with E-state index in [1.165, 1.54) is 6.07 Å².